The lowest BCUT2D eigenvalue weighted by molar-refractivity contribution is -0.161. The van der Waals surface area contributed by atoms with Crippen molar-refractivity contribution in [3.63, 3.8) is 0 Å². The number of thioether (sulfide) groups is 1. The lowest BCUT2D eigenvalue weighted by Gasteiger charge is -2.28. The molecule has 210 valence electrons. The molecule has 0 spiro atoms. The summed E-state index contributed by atoms with van der Waals surface area (Å²) < 4.78 is 5.12. The number of rotatable bonds is 12. The molecule has 0 bridgehead atoms. The molecule has 8 nitrogen and oxygen atoms in total. The molecule has 0 radical (unpaired) electrons. The predicted octanol–water partition coefficient (Wildman–Crippen LogP) is 2.91. The van der Waals surface area contributed by atoms with Crippen LogP contribution >= 0.6 is 11.8 Å². The average Bonchev–Trinajstić information content (AvgIpc) is 3.42. The molecule has 4 atom stereocenters. The topological polar surface area (TPSA) is 108 Å². The minimum atomic E-state index is -0.978. The largest absolute Gasteiger partial charge is 0.391 e. The number of amides is 1. The van der Waals surface area contributed by atoms with Gasteiger partial charge in [-0.25, -0.2) is 4.79 Å². The summed E-state index contributed by atoms with van der Waals surface area (Å²) >= 11 is 1.69. The van der Waals surface area contributed by atoms with E-state index in [4.69, 9.17) is 4.74 Å². The Labute approximate surface area is 239 Å². The second-order valence-electron chi connectivity index (χ2n) is 9.94. The van der Waals surface area contributed by atoms with Gasteiger partial charge in [0, 0.05) is 28.8 Å². The van der Waals surface area contributed by atoms with Gasteiger partial charge in [-0.3, -0.25) is 14.5 Å². The van der Waals surface area contributed by atoms with Gasteiger partial charge in [-0.05, 0) is 49.7 Å². The number of likely N-dealkylation sites (N-methyl/N-ethyl adjacent to an activating group) is 1. The van der Waals surface area contributed by atoms with Gasteiger partial charge in [-0.15, -0.1) is 11.8 Å². The average molecular weight is 562 g/mol. The Kier molecular flexibility index (Phi) is 10.9. The van der Waals surface area contributed by atoms with Crippen LogP contribution in [0.1, 0.15) is 22.3 Å². The number of nitrogens with zero attached hydrogens (tertiary/aromatic N) is 1. The van der Waals surface area contributed by atoms with E-state index in [0.717, 1.165) is 10.5 Å². The highest BCUT2D eigenvalue weighted by Crippen LogP contribution is 2.28. The van der Waals surface area contributed by atoms with Crippen LogP contribution in [-0.2, 0) is 20.7 Å². The van der Waals surface area contributed by atoms with Gasteiger partial charge in [0.2, 0.25) is 0 Å². The van der Waals surface area contributed by atoms with Gasteiger partial charge < -0.3 is 20.5 Å². The number of carbonyl (C=O) groups is 3. The fraction of sp³-hybridized carbons (Fsp3) is 0.323. The molecule has 0 aromatic heterocycles. The fourth-order valence-electron chi connectivity index (χ4n) is 4.60. The second kappa shape index (κ2) is 14.8. The van der Waals surface area contributed by atoms with Gasteiger partial charge in [0.05, 0.1) is 18.7 Å². The maximum atomic E-state index is 12.8. The highest BCUT2D eigenvalue weighted by atomic mass is 32.2. The molecule has 3 aromatic carbocycles. The minimum Gasteiger partial charge on any atom is -0.391 e. The number of carbonyl (C=O) groups excluding carboxylic acids is 3. The number of nitrogens with one attached hydrogen (secondary N) is 2. The maximum absolute atomic E-state index is 12.8. The summed E-state index contributed by atoms with van der Waals surface area (Å²) in [5.41, 5.74) is 1.45. The summed E-state index contributed by atoms with van der Waals surface area (Å²) in [7, 11) is 1.66. The Hall–Kier alpha value is -3.50. The van der Waals surface area contributed by atoms with Crippen molar-refractivity contribution >= 4 is 29.6 Å². The third-order valence-electron chi connectivity index (χ3n) is 6.65. The smallest absolute Gasteiger partial charge is 0.330 e. The summed E-state index contributed by atoms with van der Waals surface area (Å²) in [5, 5.41) is 17.4. The molecule has 9 heteroatoms. The van der Waals surface area contributed by atoms with Gasteiger partial charge in [0.15, 0.2) is 0 Å². The summed E-state index contributed by atoms with van der Waals surface area (Å²) in [6, 6.07) is 27.2. The van der Waals surface area contributed by atoms with Gasteiger partial charge in [-0.1, -0.05) is 66.7 Å². The van der Waals surface area contributed by atoms with Crippen LogP contribution in [0.4, 0.5) is 0 Å². The minimum absolute atomic E-state index is 0.0906. The summed E-state index contributed by atoms with van der Waals surface area (Å²) in [6.07, 6.45) is 0.00340. The lowest BCUT2D eigenvalue weighted by atomic mass is 10.00. The summed E-state index contributed by atoms with van der Waals surface area (Å²) in [4.78, 5) is 40.7. The van der Waals surface area contributed by atoms with E-state index in [0.29, 0.717) is 24.9 Å². The highest BCUT2D eigenvalue weighted by molar-refractivity contribution is 8.00. The van der Waals surface area contributed by atoms with Gasteiger partial charge >= 0.3 is 11.9 Å². The van der Waals surface area contributed by atoms with E-state index in [1.54, 1.807) is 48.0 Å². The van der Waals surface area contributed by atoms with Crippen molar-refractivity contribution in [2.75, 3.05) is 26.7 Å². The third kappa shape index (κ3) is 9.02. The number of aliphatic hydroxyl groups excluding tert-OH is 1. The van der Waals surface area contributed by atoms with Gasteiger partial charge in [-0.2, -0.15) is 0 Å². The molecule has 3 aromatic rings. The van der Waals surface area contributed by atoms with E-state index in [1.807, 2.05) is 66.7 Å². The highest BCUT2D eigenvalue weighted by Gasteiger charge is 2.33. The zero-order valence-electron chi connectivity index (χ0n) is 22.4. The SMILES string of the molecule is CN(CC(=O)OC(=O)[C@@H]1C[C@H](Sc2ccccc2)CN1)CC(O)C(Cc1ccccc1)NC(=O)c1ccccc1. The molecular weight excluding hydrogens is 526 g/mol. The first-order valence-electron chi connectivity index (χ1n) is 13.3. The van der Waals surface area contributed by atoms with Gasteiger partial charge in [0.1, 0.15) is 6.04 Å². The first-order valence-corrected chi connectivity index (χ1v) is 14.2. The number of hydrogen-bond acceptors (Lipinski definition) is 8. The van der Waals surface area contributed by atoms with E-state index >= 15 is 0 Å². The van der Waals surface area contributed by atoms with Crippen molar-refractivity contribution in [2.45, 2.75) is 41.2 Å². The molecule has 40 heavy (non-hydrogen) atoms. The first-order chi connectivity index (χ1) is 19.4. The molecular formula is C31H35N3O5S. The van der Waals surface area contributed by atoms with Crippen LogP contribution in [0.2, 0.25) is 0 Å². The van der Waals surface area contributed by atoms with Gasteiger partial charge in [0.25, 0.3) is 5.91 Å². The zero-order valence-corrected chi connectivity index (χ0v) is 23.3. The van der Waals surface area contributed by atoms with E-state index < -0.39 is 30.1 Å². The van der Waals surface area contributed by atoms with Crippen LogP contribution in [0.25, 0.3) is 0 Å². The van der Waals surface area contributed by atoms with Crippen LogP contribution in [0, 0.1) is 0 Å². The quantitative estimate of drug-likeness (QED) is 0.229. The van der Waals surface area contributed by atoms with Crippen LogP contribution in [-0.4, -0.2) is 78.0 Å². The second-order valence-corrected chi connectivity index (χ2v) is 11.3. The van der Waals surface area contributed by atoms with E-state index in [1.165, 1.54) is 0 Å². The molecule has 0 aliphatic carbocycles. The van der Waals surface area contributed by atoms with Crippen LogP contribution in [0.3, 0.4) is 0 Å². The van der Waals surface area contributed by atoms with Crippen LogP contribution in [0.15, 0.2) is 95.9 Å². The normalized spacial score (nSPS) is 18.2. The molecule has 0 saturated carbocycles. The first kappa shape index (κ1) is 29.5. The van der Waals surface area contributed by atoms with E-state index in [-0.39, 0.29) is 24.2 Å². The third-order valence-corrected chi connectivity index (χ3v) is 7.89. The molecule has 1 amide bonds. The number of esters is 2. The Bertz CT molecular complexity index is 1250. The monoisotopic (exact) mass is 561 g/mol. The number of aliphatic hydroxyl groups is 1. The van der Waals surface area contributed by atoms with Crippen molar-refractivity contribution in [2.24, 2.45) is 0 Å². The molecule has 1 aliphatic rings. The van der Waals surface area contributed by atoms with Crippen molar-refractivity contribution in [3.05, 3.63) is 102 Å². The maximum Gasteiger partial charge on any atom is 0.330 e. The van der Waals surface area contributed by atoms with Crippen LogP contribution in [0.5, 0.6) is 0 Å². The lowest BCUT2D eigenvalue weighted by Crippen LogP contribution is -2.49. The van der Waals surface area contributed by atoms with Crippen molar-refractivity contribution in [1.29, 1.82) is 0 Å². The van der Waals surface area contributed by atoms with Crippen LogP contribution < -0.4 is 10.6 Å². The molecule has 1 heterocycles. The van der Waals surface area contributed by atoms with E-state index in [2.05, 4.69) is 10.6 Å². The van der Waals surface area contributed by atoms with Crippen molar-refractivity contribution < 1.29 is 24.2 Å². The fourth-order valence-corrected chi connectivity index (χ4v) is 5.77. The van der Waals surface area contributed by atoms with Crippen molar-refractivity contribution in [3.8, 4) is 0 Å². The molecule has 1 fully saturated rings. The molecule has 1 aliphatic heterocycles. The standard InChI is InChI=1S/C31H35N3O5S/c1-34(21-29(36)39-31(38)27-18-25(19-32-27)40-24-15-9-4-10-16-24)20-28(35)26(17-22-11-5-2-6-12-22)33-30(37)23-13-7-3-8-14-23/h2-16,25-28,32,35H,17-21H2,1H3,(H,33,37)/t25-,26?,27-,28?/m0/s1. The Balaban J connectivity index is 1.27. The Morgan fingerprint density at radius 1 is 1.00 bits per heavy atom. The molecule has 4 rings (SSSR count). The summed E-state index contributed by atoms with van der Waals surface area (Å²) in [6.45, 7) is 0.562. The Morgan fingerprint density at radius 3 is 2.30 bits per heavy atom. The number of hydrogen-bond donors (Lipinski definition) is 3. The zero-order chi connectivity index (χ0) is 28.3. The number of benzene rings is 3. The van der Waals surface area contributed by atoms with E-state index in [9.17, 15) is 19.5 Å². The summed E-state index contributed by atoms with van der Waals surface area (Å²) in [5.74, 6) is -1.57. The predicted molar refractivity (Wildman–Crippen MR) is 155 cm³/mol. The molecule has 1 saturated heterocycles. The molecule has 2 unspecified atom stereocenters. The Morgan fingerprint density at radius 2 is 1.62 bits per heavy atom. The van der Waals surface area contributed by atoms with Crippen molar-refractivity contribution in [1.82, 2.24) is 15.5 Å². The number of ether oxygens (including phenoxy) is 1. The molecule has 3 N–H and O–H groups in total.